The van der Waals surface area contributed by atoms with Gasteiger partial charge in [0.2, 0.25) is 0 Å². The van der Waals surface area contributed by atoms with Gasteiger partial charge in [-0.2, -0.15) is 5.10 Å². The van der Waals surface area contributed by atoms with Crippen molar-refractivity contribution in [1.29, 1.82) is 0 Å². The molecule has 0 unspecified atom stereocenters. The van der Waals surface area contributed by atoms with E-state index in [1.165, 1.54) is 18.2 Å². The Balaban J connectivity index is 1.63. The molecule has 4 rings (SSSR count). The average Bonchev–Trinajstić information content (AvgIpc) is 3.23. The topological polar surface area (TPSA) is 75.1 Å². The van der Waals surface area contributed by atoms with Gasteiger partial charge in [0.05, 0.1) is 6.20 Å². The van der Waals surface area contributed by atoms with Crippen LogP contribution in [0, 0.1) is 5.82 Å². The number of nitrogens with one attached hydrogen (secondary N) is 2. The number of hydrogen-bond donors (Lipinski definition) is 2. The lowest BCUT2D eigenvalue weighted by Gasteiger charge is -2.02. The highest BCUT2D eigenvalue weighted by Gasteiger charge is 2.12. The molecule has 0 saturated heterocycles. The lowest BCUT2D eigenvalue weighted by molar-refractivity contribution is 0.102. The number of carbonyl (C=O) groups excluding carboxylic acids is 1. The fourth-order valence-electron chi connectivity index (χ4n) is 2.44. The van der Waals surface area contributed by atoms with Gasteiger partial charge in [-0.1, -0.05) is 6.07 Å². The van der Waals surface area contributed by atoms with Gasteiger partial charge in [-0.3, -0.25) is 9.89 Å². The van der Waals surface area contributed by atoms with Gasteiger partial charge in [0.25, 0.3) is 5.91 Å². The molecule has 3 heterocycles. The Kier molecular flexibility index (Phi) is 3.31. The predicted molar refractivity (Wildman–Crippen MR) is 87.1 cm³/mol. The van der Waals surface area contributed by atoms with E-state index in [0.29, 0.717) is 11.3 Å². The van der Waals surface area contributed by atoms with Crippen LogP contribution >= 0.6 is 0 Å². The number of carbonyl (C=O) groups is 1. The van der Waals surface area contributed by atoms with Crippen LogP contribution in [0.1, 0.15) is 10.5 Å². The van der Waals surface area contributed by atoms with Crippen LogP contribution in [0.2, 0.25) is 0 Å². The van der Waals surface area contributed by atoms with Gasteiger partial charge < -0.3 is 9.72 Å². The van der Waals surface area contributed by atoms with E-state index in [-0.39, 0.29) is 5.69 Å². The van der Waals surface area contributed by atoms with Crippen LogP contribution in [0.3, 0.4) is 0 Å². The predicted octanol–water partition coefficient (Wildman–Crippen LogP) is 3.12. The van der Waals surface area contributed by atoms with Crippen LogP contribution in [0.5, 0.6) is 0 Å². The third-order valence-corrected chi connectivity index (χ3v) is 3.60. The zero-order chi connectivity index (χ0) is 16.5. The molecule has 6 nitrogen and oxygen atoms in total. The van der Waals surface area contributed by atoms with Crippen molar-refractivity contribution in [2.24, 2.45) is 0 Å². The van der Waals surface area contributed by atoms with Crippen LogP contribution in [-0.4, -0.2) is 25.5 Å². The smallest absolute Gasteiger partial charge is 0.275 e. The van der Waals surface area contributed by atoms with Gasteiger partial charge in [-0.25, -0.2) is 9.37 Å². The molecule has 1 amide bonds. The summed E-state index contributed by atoms with van der Waals surface area (Å²) in [6, 6.07) is 9.45. The molecular weight excluding hydrogens is 309 g/mol. The van der Waals surface area contributed by atoms with E-state index in [2.05, 4.69) is 20.5 Å². The molecule has 118 valence electrons. The first-order chi connectivity index (χ1) is 11.7. The molecule has 1 aromatic carbocycles. The van der Waals surface area contributed by atoms with Gasteiger partial charge in [-0.05, 0) is 30.3 Å². The second-order valence-electron chi connectivity index (χ2n) is 5.26. The highest BCUT2D eigenvalue weighted by molar-refractivity contribution is 6.03. The molecule has 0 spiro atoms. The molecule has 0 saturated carbocycles. The first kappa shape index (κ1) is 14.1. The third-order valence-electron chi connectivity index (χ3n) is 3.60. The third kappa shape index (κ3) is 2.63. The minimum Gasteiger partial charge on any atom is -0.321 e. The minimum absolute atomic E-state index is 0.253. The number of aromatic nitrogens is 4. The molecule has 0 aliphatic heterocycles. The van der Waals surface area contributed by atoms with E-state index >= 15 is 0 Å². The summed E-state index contributed by atoms with van der Waals surface area (Å²) in [6.07, 6.45) is 7.00. The van der Waals surface area contributed by atoms with Crippen LogP contribution in [0.25, 0.3) is 16.8 Å². The molecule has 0 fully saturated rings. The van der Waals surface area contributed by atoms with Crippen molar-refractivity contribution in [3.05, 3.63) is 72.7 Å². The SMILES string of the molecule is O=C(Nc1cccc(F)c1)c1cn2cc(-c3cn[nH]c3)ccc2n1. The molecule has 0 bridgehead atoms. The number of pyridine rings is 1. The van der Waals surface area contributed by atoms with Crippen molar-refractivity contribution in [1.82, 2.24) is 19.6 Å². The fraction of sp³-hybridized carbons (Fsp3) is 0. The summed E-state index contributed by atoms with van der Waals surface area (Å²) in [6.45, 7) is 0. The zero-order valence-electron chi connectivity index (χ0n) is 12.4. The normalized spacial score (nSPS) is 10.9. The Bertz CT molecular complexity index is 1020. The highest BCUT2D eigenvalue weighted by Crippen LogP contribution is 2.19. The Labute approximate surface area is 136 Å². The number of halogens is 1. The monoisotopic (exact) mass is 321 g/mol. The van der Waals surface area contributed by atoms with Crippen molar-refractivity contribution < 1.29 is 9.18 Å². The number of H-pyrrole nitrogens is 1. The maximum atomic E-state index is 13.2. The number of anilines is 1. The van der Waals surface area contributed by atoms with Gasteiger partial charge in [0.15, 0.2) is 0 Å². The fourth-order valence-corrected chi connectivity index (χ4v) is 2.44. The van der Waals surface area contributed by atoms with Gasteiger partial charge in [-0.15, -0.1) is 0 Å². The van der Waals surface area contributed by atoms with Crippen molar-refractivity contribution in [3.63, 3.8) is 0 Å². The van der Waals surface area contributed by atoms with E-state index in [4.69, 9.17) is 0 Å². The number of hydrogen-bond acceptors (Lipinski definition) is 3. The summed E-state index contributed by atoms with van der Waals surface area (Å²) in [7, 11) is 0. The van der Waals surface area contributed by atoms with E-state index in [0.717, 1.165) is 11.1 Å². The van der Waals surface area contributed by atoms with Crippen molar-refractivity contribution in [3.8, 4) is 11.1 Å². The summed E-state index contributed by atoms with van der Waals surface area (Å²) in [5.41, 5.74) is 3.17. The van der Waals surface area contributed by atoms with Crippen molar-refractivity contribution >= 4 is 17.2 Å². The van der Waals surface area contributed by atoms with Crippen molar-refractivity contribution in [2.45, 2.75) is 0 Å². The summed E-state index contributed by atoms with van der Waals surface area (Å²) < 4.78 is 15.0. The first-order valence-electron chi connectivity index (χ1n) is 7.24. The van der Waals surface area contributed by atoms with E-state index in [1.807, 2.05) is 18.3 Å². The van der Waals surface area contributed by atoms with Gasteiger partial charge in [0.1, 0.15) is 17.2 Å². The molecule has 0 radical (unpaired) electrons. The Morgan fingerprint density at radius 1 is 1.17 bits per heavy atom. The van der Waals surface area contributed by atoms with Crippen LogP contribution < -0.4 is 5.32 Å². The Hall–Kier alpha value is -3.48. The Morgan fingerprint density at radius 3 is 2.88 bits per heavy atom. The first-order valence-corrected chi connectivity index (χ1v) is 7.24. The number of nitrogens with zero attached hydrogens (tertiary/aromatic N) is 3. The summed E-state index contributed by atoms with van der Waals surface area (Å²) in [5, 5.41) is 9.32. The average molecular weight is 321 g/mol. The molecule has 24 heavy (non-hydrogen) atoms. The second kappa shape index (κ2) is 5.62. The van der Waals surface area contributed by atoms with E-state index < -0.39 is 11.7 Å². The lowest BCUT2D eigenvalue weighted by atomic mass is 10.2. The molecule has 0 aliphatic carbocycles. The zero-order valence-corrected chi connectivity index (χ0v) is 12.4. The molecule has 2 N–H and O–H groups in total. The number of imidazole rings is 1. The van der Waals surface area contributed by atoms with Gasteiger partial charge in [0, 0.05) is 35.4 Å². The summed E-state index contributed by atoms with van der Waals surface area (Å²) in [4.78, 5) is 16.6. The molecule has 4 aromatic rings. The van der Waals surface area contributed by atoms with Crippen LogP contribution in [-0.2, 0) is 0 Å². The molecular formula is C17H12FN5O. The highest BCUT2D eigenvalue weighted by atomic mass is 19.1. The molecule has 0 atom stereocenters. The van der Waals surface area contributed by atoms with E-state index in [1.54, 1.807) is 29.1 Å². The van der Waals surface area contributed by atoms with Crippen LogP contribution in [0.15, 0.2) is 61.2 Å². The number of aromatic amines is 1. The largest absolute Gasteiger partial charge is 0.321 e. The standard InChI is InChI=1S/C17H12FN5O/c18-13-2-1-3-14(6-13)21-17(24)15-10-23-9-11(4-5-16(23)22-15)12-7-19-20-8-12/h1-10H,(H,19,20)(H,21,24). The van der Waals surface area contributed by atoms with Gasteiger partial charge >= 0.3 is 0 Å². The van der Waals surface area contributed by atoms with Crippen LogP contribution in [0.4, 0.5) is 10.1 Å². The summed E-state index contributed by atoms with van der Waals surface area (Å²) in [5.74, 6) is -0.804. The number of fused-ring (bicyclic) bond motifs is 1. The maximum absolute atomic E-state index is 13.2. The molecule has 7 heteroatoms. The van der Waals surface area contributed by atoms with E-state index in [9.17, 15) is 9.18 Å². The summed E-state index contributed by atoms with van der Waals surface area (Å²) >= 11 is 0. The second-order valence-corrected chi connectivity index (χ2v) is 5.26. The number of amides is 1. The minimum atomic E-state index is -0.410. The Morgan fingerprint density at radius 2 is 2.08 bits per heavy atom. The number of rotatable bonds is 3. The maximum Gasteiger partial charge on any atom is 0.275 e. The quantitative estimate of drug-likeness (QED) is 0.609. The lowest BCUT2D eigenvalue weighted by Crippen LogP contribution is -2.12. The number of benzene rings is 1. The molecule has 3 aromatic heterocycles. The van der Waals surface area contributed by atoms with Crippen molar-refractivity contribution in [2.75, 3.05) is 5.32 Å². The molecule has 0 aliphatic rings.